The first-order chi connectivity index (χ1) is 10.2. The van der Waals surface area contributed by atoms with Crippen LogP contribution in [0.3, 0.4) is 0 Å². The van der Waals surface area contributed by atoms with E-state index in [1.807, 2.05) is 29.8 Å². The van der Waals surface area contributed by atoms with Crippen molar-refractivity contribution in [3.05, 3.63) is 40.0 Å². The molecule has 2 aromatic rings. The van der Waals surface area contributed by atoms with Crippen molar-refractivity contribution >= 4 is 17.2 Å². The fraction of sp³-hybridized carbons (Fsp3) is 0.500. The number of rotatable bonds is 5. The third-order valence-electron chi connectivity index (χ3n) is 3.91. The third kappa shape index (κ3) is 4.02. The van der Waals surface area contributed by atoms with E-state index in [0.717, 1.165) is 30.5 Å². The monoisotopic (exact) mass is 302 g/mol. The van der Waals surface area contributed by atoms with Gasteiger partial charge in [-0.3, -0.25) is 4.90 Å². The fourth-order valence-corrected chi connectivity index (χ4v) is 3.64. The van der Waals surface area contributed by atoms with Crippen molar-refractivity contribution in [2.45, 2.75) is 26.8 Å². The van der Waals surface area contributed by atoms with Gasteiger partial charge in [0.05, 0.1) is 5.01 Å². The van der Waals surface area contributed by atoms with E-state index >= 15 is 0 Å². The molecule has 1 aliphatic heterocycles. The highest BCUT2D eigenvalue weighted by atomic mass is 32.1. The van der Waals surface area contributed by atoms with E-state index in [2.05, 4.69) is 40.1 Å². The van der Waals surface area contributed by atoms with Crippen LogP contribution in [0, 0.1) is 19.8 Å². The van der Waals surface area contributed by atoms with Gasteiger partial charge in [-0.05, 0) is 50.4 Å². The summed E-state index contributed by atoms with van der Waals surface area (Å²) in [5.41, 5.74) is 1.25. The maximum Gasteiger partial charge on any atom is 0.126 e. The number of hydrogen-bond acceptors (Lipinski definition) is 5. The highest BCUT2D eigenvalue weighted by Gasteiger charge is 2.22. The number of aryl methyl sites for hydroxylation is 2. The zero-order valence-corrected chi connectivity index (χ0v) is 13.5. The molecule has 0 bridgehead atoms. The summed E-state index contributed by atoms with van der Waals surface area (Å²) < 4.78 is 0. The summed E-state index contributed by atoms with van der Waals surface area (Å²) in [5, 5.41) is 4.63. The van der Waals surface area contributed by atoms with Crippen LogP contribution in [-0.2, 0) is 6.54 Å². The highest BCUT2D eigenvalue weighted by molar-refractivity contribution is 7.11. The molecule has 1 N–H and O–H groups in total. The number of pyridine rings is 1. The summed E-state index contributed by atoms with van der Waals surface area (Å²) >= 11 is 1.81. The Hall–Kier alpha value is -1.46. The lowest BCUT2D eigenvalue weighted by atomic mass is 10.1. The van der Waals surface area contributed by atoms with Crippen molar-refractivity contribution in [2.24, 2.45) is 5.92 Å². The van der Waals surface area contributed by atoms with E-state index in [1.54, 1.807) is 0 Å². The number of likely N-dealkylation sites (tertiary alicyclic amines) is 1. The van der Waals surface area contributed by atoms with Gasteiger partial charge in [0.15, 0.2) is 0 Å². The molecular formula is C16H22N4S. The molecule has 1 saturated heterocycles. The average molecular weight is 302 g/mol. The zero-order valence-electron chi connectivity index (χ0n) is 12.7. The molecule has 3 rings (SSSR count). The lowest BCUT2D eigenvalue weighted by molar-refractivity contribution is 0.321. The van der Waals surface area contributed by atoms with Gasteiger partial charge in [0.25, 0.3) is 0 Å². The molecule has 3 heterocycles. The van der Waals surface area contributed by atoms with Crippen LogP contribution in [0.1, 0.15) is 21.9 Å². The molecule has 0 aromatic carbocycles. The van der Waals surface area contributed by atoms with E-state index in [9.17, 15) is 0 Å². The number of nitrogens with zero attached hydrogens (tertiary/aromatic N) is 3. The second kappa shape index (κ2) is 6.54. The van der Waals surface area contributed by atoms with Gasteiger partial charge < -0.3 is 5.32 Å². The van der Waals surface area contributed by atoms with Gasteiger partial charge in [0.2, 0.25) is 0 Å². The van der Waals surface area contributed by atoms with Crippen LogP contribution in [0.4, 0.5) is 5.82 Å². The van der Waals surface area contributed by atoms with Gasteiger partial charge in [0.1, 0.15) is 5.82 Å². The van der Waals surface area contributed by atoms with E-state index in [1.165, 1.54) is 23.4 Å². The Balaban J connectivity index is 1.46. The van der Waals surface area contributed by atoms with Crippen molar-refractivity contribution in [1.29, 1.82) is 0 Å². The number of nitrogens with one attached hydrogen (secondary N) is 1. The molecule has 1 fully saturated rings. The van der Waals surface area contributed by atoms with E-state index in [4.69, 9.17) is 0 Å². The SMILES string of the molecule is Cc1ccnc(NC[C@@H]2CCN(Cc3cnc(C)s3)C2)c1. The quantitative estimate of drug-likeness (QED) is 0.921. The minimum Gasteiger partial charge on any atom is -0.370 e. The van der Waals surface area contributed by atoms with E-state index in [0.29, 0.717) is 5.92 Å². The van der Waals surface area contributed by atoms with Crippen molar-refractivity contribution in [1.82, 2.24) is 14.9 Å². The van der Waals surface area contributed by atoms with Gasteiger partial charge >= 0.3 is 0 Å². The summed E-state index contributed by atoms with van der Waals surface area (Å²) in [6.45, 7) is 8.57. The Labute approximate surface area is 130 Å². The lowest BCUT2D eigenvalue weighted by Gasteiger charge is -2.15. The third-order valence-corrected chi connectivity index (χ3v) is 4.80. The van der Waals surface area contributed by atoms with Crippen LogP contribution >= 0.6 is 11.3 Å². The zero-order chi connectivity index (χ0) is 14.7. The van der Waals surface area contributed by atoms with Gasteiger partial charge in [-0.1, -0.05) is 0 Å². The Morgan fingerprint density at radius 2 is 2.29 bits per heavy atom. The Morgan fingerprint density at radius 3 is 3.05 bits per heavy atom. The Bertz CT molecular complexity index is 595. The molecule has 4 nitrogen and oxygen atoms in total. The normalized spacial score (nSPS) is 19.0. The maximum atomic E-state index is 4.36. The molecule has 0 saturated carbocycles. The molecule has 21 heavy (non-hydrogen) atoms. The smallest absolute Gasteiger partial charge is 0.126 e. The van der Waals surface area contributed by atoms with Gasteiger partial charge in [-0.2, -0.15) is 0 Å². The Kier molecular flexibility index (Phi) is 4.51. The minimum absolute atomic E-state index is 0.710. The predicted octanol–water partition coefficient (Wildman–Crippen LogP) is 3.09. The van der Waals surface area contributed by atoms with Crippen molar-refractivity contribution < 1.29 is 0 Å². The van der Waals surface area contributed by atoms with Gasteiger partial charge in [0, 0.05) is 36.9 Å². The number of aromatic nitrogens is 2. The molecular weight excluding hydrogens is 280 g/mol. The van der Waals surface area contributed by atoms with Crippen LogP contribution in [-0.4, -0.2) is 34.5 Å². The van der Waals surface area contributed by atoms with Crippen molar-refractivity contribution in [2.75, 3.05) is 25.0 Å². The van der Waals surface area contributed by atoms with Crippen LogP contribution in [0.5, 0.6) is 0 Å². The van der Waals surface area contributed by atoms with Crippen LogP contribution < -0.4 is 5.32 Å². The average Bonchev–Trinajstić information content (AvgIpc) is 3.06. The molecule has 0 radical (unpaired) electrons. The van der Waals surface area contributed by atoms with Crippen molar-refractivity contribution in [3.8, 4) is 0 Å². The summed E-state index contributed by atoms with van der Waals surface area (Å²) in [5.74, 6) is 1.70. The molecule has 1 aliphatic rings. The summed E-state index contributed by atoms with van der Waals surface area (Å²) in [7, 11) is 0. The Morgan fingerprint density at radius 1 is 1.38 bits per heavy atom. The van der Waals surface area contributed by atoms with Crippen LogP contribution in [0.15, 0.2) is 24.5 Å². The van der Waals surface area contributed by atoms with E-state index in [-0.39, 0.29) is 0 Å². The maximum absolute atomic E-state index is 4.36. The molecule has 5 heteroatoms. The highest BCUT2D eigenvalue weighted by Crippen LogP contribution is 2.21. The summed E-state index contributed by atoms with van der Waals surface area (Å²) in [4.78, 5) is 12.6. The van der Waals surface area contributed by atoms with E-state index < -0.39 is 0 Å². The minimum atomic E-state index is 0.710. The number of thiazole rings is 1. The second-order valence-electron chi connectivity index (χ2n) is 5.83. The summed E-state index contributed by atoms with van der Waals surface area (Å²) in [6.07, 6.45) is 5.14. The first kappa shape index (κ1) is 14.5. The molecule has 0 aliphatic carbocycles. The fourth-order valence-electron chi connectivity index (χ4n) is 2.80. The van der Waals surface area contributed by atoms with Gasteiger partial charge in [-0.25, -0.2) is 9.97 Å². The standard InChI is InChI=1S/C16H22N4S/c1-12-3-5-17-16(7-12)19-8-14-4-6-20(10-14)11-15-9-18-13(2)21-15/h3,5,7,9,14H,4,6,8,10-11H2,1-2H3,(H,17,19)/t14-/m0/s1. The predicted molar refractivity (Wildman–Crippen MR) is 87.7 cm³/mol. The van der Waals surface area contributed by atoms with Gasteiger partial charge in [-0.15, -0.1) is 11.3 Å². The molecule has 0 spiro atoms. The largest absolute Gasteiger partial charge is 0.370 e. The molecule has 2 aromatic heterocycles. The number of hydrogen-bond donors (Lipinski definition) is 1. The second-order valence-corrected chi connectivity index (χ2v) is 7.15. The molecule has 0 amide bonds. The first-order valence-electron chi connectivity index (χ1n) is 7.49. The number of anilines is 1. The lowest BCUT2D eigenvalue weighted by Crippen LogP contribution is -2.22. The summed E-state index contributed by atoms with van der Waals surface area (Å²) in [6, 6.07) is 4.13. The first-order valence-corrected chi connectivity index (χ1v) is 8.31. The molecule has 0 unspecified atom stereocenters. The van der Waals surface area contributed by atoms with Crippen LogP contribution in [0.25, 0.3) is 0 Å². The molecule has 1 atom stereocenters. The molecule has 112 valence electrons. The van der Waals surface area contributed by atoms with Crippen molar-refractivity contribution in [3.63, 3.8) is 0 Å². The van der Waals surface area contributed by atoms with Crippen LogP contribution in [0.2, 0.25) is 0 Å². The topological polar surface area (TPSA) is 41.1 Å².